The molecular weight excluding hydrogens is 352 g/mol. The van der Waals surface area contributed by atoms with E-state index >= 15 is 0 Å². The predicted octanol–water partition coefficient (Wildman–Crippen LogP) is 4.36. The number of hydrogen-bond acceptors (Lipinski definition) is 6. The Morgan fingerprint density at radius 2 is 1.85 bits per heavy atom. The maximum atomic E-state index is 12.0. The molecule has 0 aliphatic heterocycles. The number of benzene rings is 2. The van der Waals surface area contributed by atoms with Crippen molar-refractivity contribution in [1.82, 2.24) is 0 Å². The molecule has 0 amide bonds. The summed E-state index contributed by atoms with van der Waals surface area (Å²) in [7, 11) is 1.29. The molecule has 134 valence electrons. The summed E-state index contributed by atoms with van der Waals surface area (Å²) in [5.41, 5.74) is 0.647. The summed E-state index contributed by atoms with van der Waals surface area (Å²) < 4.78 is 15.2. The van der Waals surface area contributed by atoms with Gasteiger partial charge < -0.3 is 13.9 Å². The van der Waals surface area contributed by atoms with Gasteiger partial charge in [-0.15, -0.1) is 11.8 Å². The summed E-state index contributed by atoms with van der Waals surface area (Å²) in [6.45, 7) is 1.71. The molecule has 0 spiro atoms. The number of thioether (sulfide) groups is 1. The topological polar surface area (TPSA) is 65.7 Å². The monoisotopic (exact) mass is 370 g/mol. The van der Waals surface area contributed by atoms with Crippen LogP contribution in [0.4, 0.5) is 0 Å². The van der Waals surface area contributed by atoms with E-state index in [0.29, 0.717) is 11.3 Å². The Labute approximate surface area is 155 Å². The zero-order valence-corrected chi connectivity index (χ0v) is 15.3. The lowest BCUT2D eigenvalue weighted by atomic mass is 10.1. The molecule has 1 heterocycles. The predicted molar refractivity (Wildman–Crippen MR) is 99.3 cm³/mol. The van der Waals surface area contributed by atoms with Crippen molar-refractivity contribution in [1.29, 1.82) is 0 Å². The van der Waals surface area contributed by atoms with Gasteiger partial charge in [-0.25, -0.2) is 4.79 Å². The maximum absolute atomic E-state index is 12.0. The van der Waals surface area contributed by atoms with Crippen LogP contribution in [-0.4, -0.2) is 24.8 Å². The molecule has 3 rings (SSSR count). The summed E-state index contributed by atoms with van der Waals surface area (Å²) in [6, 6.07) is 15.8. The van der Waals surface area contributed by atoms with E-state index in [9.17, 15) is 9.59 Å². The van der Waals surface area contributed by atoms with Gasteiger partial charge in [0.05, 0.1) is 12.9 Å². The fourth-order valence-electron chi connectivity index (χ4n) is 2.51. The lowest BCUT2D eigenvalue weighted by Gasteiger charge is -2.04. The minimum absolute atomic E-state index is 0.0189. The number of carbonyl (C=O) groups is 2. The molecule has 0 radical (unpaired) electrons. The van der Waals surface area contributed by atoms with Gasteiger partial charge in [0.1, 0.15) is 12.4 Å². The molecule has 3 aromatic rings. The lowest BCUT2D eigenvalue weighted by molar-refractivity contribution is -0.142. The van der Waals surface area contributed by atoms with Crippen LogP contribution in [-0.2, 0) is 20.9 Å². The van der Waals surface area contributed by atoms with Crippen molar-refractivity contribution >= 4 is 34.5 Å². The van der Waals surface area contributed by atoms with Crippen molar-refractivity contribution < 1.29 is 23.5 Å². The van der Waals surface area contributed by atoms with Crippen molar-refractivity contribution in [2.45, 2.75) is 18.4 Å². The van der Waals surface area contributed by atoms with Crippen molar-refractivity contribution in [2.24, 2.45) is 0 Å². The third kappa shape index (κ3) is 4.26. The molecule has 1 aromatic heterocycles. The zero-order valence-electron chi connectivity index (χ0n) is 14.5. The molecule has 0 aliphatic carbocycles. The van der Waals surface area contributed by atoms with Gasteiger partial charge in [0.2, 0.25) is 5.76 Å². The van der Waals surface area contributed by atoms with Gasteiger partial charge in [0.25, 0.3) is 0 Å². The van der Waals surface area contributed by atoms with Gasteiger partial charge in [0.15, 0.2) is 0 Å². The maximum Gasteiger partial charge on any atom is 0.374 e. The third-order valence-electron chi connectivity index (χ3n) is 3.79. The smallest absolute Gasteiger partial charge is 0.374 e. The van der Waals surface area contributed by atoms with Gasteiger partial charge in [0, 0.05) is 10.5 Å². The molecular formula is C20H18O5S. The SMILES string of the molecule is COC(=O)c1oc(COC(=O)CSc2ccc3ccccc3c2)cc1C. The zero-order chi connectivity index (χ0) is 18.5. The van der Waals surface area contributed by atoms with Crippen LogP contribution < -0.4 is 0 Å². The molecule has 0 bridgehead atoms. The largest absolute Gasteiger partial charge is 0.463 e. The molecule has 0 N–H and O–H groups in total. The van der Waals surface area contributed by atoms with Crippen molar-refractivity contribution in [3.05, 3.63) is 65.6 Å². The van der Waals surface area contributed by atoms with Crippen molar-refractivity contribution in [3.8, 4) is 0 Å². The van der Waals surface area contributed by atoms with Crippen LogP contribution in [0.1, 0.15) is 21.9 Å². The van der Waals surface area contributed by atoms with Crippen LogP contribution >= 0.6 is 11.8 Å². The molecule has 0 fully saturated rings. The standard InChI is InChI=1S/C20H18O5S/c1-13-9-16(25-19(13)20(22)23-2)11-24-18(21)12-26-17-8-7-14-5-3-4-6-15(14)10-17/h3-10H,11-12H2,1-2H3. The molecule has 26 heavy (non-hydrogen) atoms. The van der Waals surface area contributed by atoms with Gasteiger partial charge in [-0.1, -0.05) is 30.3 Å². The van der Waals surface area contributed by atoms with Gasteiger partial charge in [-0.05, 0) is 35.9 Å². The lowest BCUT2D eigenvalue weighted by Crippen LogP contribution is -2.07. The fraction of sp³-hybridized carbons (Fsp3) is 0.200. The highest BCUT2D eigenvalue weighted by Gasteiger charge is 2.17. The molecule has 0 aliphatic rings. The summed E-state index contributed by atoms with van der Waals surface area (Å²) in [6.07, 6.45) is 0. The van der Waals surface area contributed by atoms with Crippen LogP contribution in [0.25, 0.3) is 10.8 Å². The Hall–Kier alpha value is -2.73. The van der Waals surface area contributed by atoms with Gasteiger partial charge in [-0.2, -0.15) is 0 Å². The number of aryl methyl sites for hydroxylation is 1. The van der Waals surface area contributed by atoms with E-state index in [1.165, 1.54) is 18.9 Å². The van der Waals surface area contributed by atoms with E-state index in [1.54, 1.807) is 13.0 Å². The number of esters is 2. The first kappa shape index (κ1) is 18.1. The first-order valence-corrected chi connectivity index (χ1v) is 9.00. The van der Waals surface area contributed by atoms with Crippen LogP contribution in [0.15, 0.2) is 57.8 Å². The van der Waals surface area contributed by atoms with Crippen molar-refractivity contribution in [3.63, 3.8) is 0 Å². The van der Waals surface area contributed by atoms with E-state index < -0.39 is 5.97 Å². The molecule has 0 unspecified atom stereocenters. The summed E-state index contributed by atoms with van der Waals surface area (Å²) in [4.78, 5) is 24.5. The molecule has 0 saturated carbocycles. The third-order valence-corrected chi connectivity index (χ3v) is 4.76. The number of methoxy groups -OCH3 is 1. The highest BCUT2D eigenvalue weighted by molar-refractivity contribution is 8.00. The number of hydrogen-bond donors (Lipinski definition) is 0. The highest BCUT2D eigenvalue weighted by atomic mass is 32.2. The minimum Gasteiger partial charge on any atom is -0.463 e. The summed E-state index contributed by atoms with van der Waals surface area (Å²) >= 11 is 1.42. The van der Waals surface area contributed by atoms with E-state index in [2.05, 4.69) is 4.74 Å². The van der Waals surface area contributed by atoms with E-state index in [4.69, 9.17) is 9.15 Å². The normalized spacial score (nSPS) is 10.7. The van der Waals surface area contributed by atoms with E-state index in [0.717, 1.165) is 15.7 Å². The molecule has 5 nitrogen and oxygen atoms in total. The first-order chi connectivity index (χ1) is 12.6. The number of fused-ring (bicyclic) bond motifs is 1. The average molecular weight is 370 g/mol. The molecule has 0 saturated heterocycles. The van der Waals surface area contributed by atoms with Gasteiger partial charge in [-0.3, -0.25) is 4.79 Å². The number of rotatable bonds is 6. The number of ether oxygens (including phenoxy) is 2. The second kappa shape index (κ2) is 8.10. The van der Waals surface area contributed by atoms with E-state index in [1.807, 2.05) is 42.5 Å². The summed E-state index contributed by atoms with van der Waals surface area (Å²) in [5.74, 6) is -0.165. The second-order valence-electron chi connectivity index (χ2n) is 5.67. The Morgan fingerprint density at radius 1 is 1.08 bits per heavy atom. The first-order valence-electron chi connectivity index (χ1n) is 8.01. The molecule has 2 aromatic carbocycles. The Bertz CT molecular complexity index is 944. The second-order valence-corrected chi connectivity index (χ2v) is 6.72. The fourth-order valence-corrected chi connectivity index (χ4v) is 3.25. The minimum atomic E-state index is -0.549. The molecule has 0 atom stereocenters. The Balaban J connectivity index is 1.53. The highest BCUT2D eigenvalue weighted by Crippen LogP contribution is 2.24. The Morgan fingerprint density at radius 3 is 2.62 bits per heavy atom. The molecule has 6 heteroatoms. The van der Waals surface area contributed by atoms with Crippen LogP contribution in [0, 0.1) is 6.92 Å². The van der Waals surface area contributed by atoms with E-state index in [-0.39, 0.29) is 24.1 Å². The van der Waals surface area contributed by atoms with Crippen molar-refractivity contribution in [2.75, 3.05) is 12.9 Å². The van der Waals surface area contributed by atoms with Crippen LogP contribution in [0.5, 0.6) is 0 Å². The van der Waals surface area contributed by atoms with Crippen LogP contribution in [0.2, 0.25) is 0 Å². The Kier molecular flexibility index (Phi) is 5.63. The number of carbonyl (C=O) groups excluding carboxylic acids is 2. The van der Waals surface area contributed by atoms with Gasteiger partial charge >= 0.3 is 11.9 Å². The quantitative estimate of drug-likeness (QED) is 0.474. The summed E-state index contributed by atoms with van der Waals surface area (Å²) in [5, 5.41) is 2.29. The number of furan rings is 1. The van der Waals surface area contributed by atoms with Crippen LogP contribution in [0.3, 0.4) is 0 Å². The average Bonchev–Trinajstić information content (AvgIpc) is 3.04.